The van der Waals surface area contributed by atoms with E-state index in [0.717, 1.165) is 37.1 Å². The fourth-order valence-corrected chi connectivity index (χ4v) is 3.54. The van der Waals surface area contributed by atoms with Crippen LogP contribution in [0.15, 0.2) is 12.3 Å². The Labute approximate surface area is 140 Å². The Balaban J connectivity index is 1.58. The van der Waals surface area contributed by atoms with E-state index in [1.807, 2.05) is 17.2 Å². The molecule has 2 fully saturated rings. The van der Waals surface area contributed by atoms with Gasteiger partial charge in [0.1, 0.15) is 6.61 Å². The summed E-state index contributed by atoms with van der Waals surface area (Å²) in [4.78, 5) is 22.9. The van der Waals surface area contributed by atoms with Gasteiger partial charge in [-0.3, -0.25) is 9.89 Å². The van der Waals surface area contributed by atoms with Gasteiger partial charge in [-0.05, 0) is 44.1 Å². The Kier molecular flexibility index (Phi) is 4.10. The second-order valence-corrected chi connectivity index (χ2v) is 6.66. The van der Waals surface area contributed by atoms with Crippen molar-refractivity contribution in [3.05, 3.63) is 35.2 Å². The number of nitrogens with zero attached hydrogens (tertiary/aromatic N) is 3. The SMILES string of the molecule is COCc1nc(C2CCCCN2C(=O)c2cc[nH]c2C2CC2)n[nH]1. The van der Waals surface area contributed by atoms with Crippen LogP contribution in [0.2, 0.25) is 0 Å². The van der Waals surface area contributed by atoms with Crippen LogP contribution in [0, 0.1) is 0 Å². The zero-order valence-electron chi connectivity index (χ0n) is 13.9. The molecule has 1 aliphatic carbocycles. The number of rotatable bonds is 5. The van der Waals surface area contributed by atoms with Gasteiger partial charge in [0.25, 0.3) is 5.91 Å². The van der Waals surface area contributed by atoms with E-state index >= 15 is 0 Å². The second kappa shape index (κ2) is 6.39. The van der Waals surface area contributed by atoms with Crippen LogP contribution in [0.25, 0.3) is 0 Å². The molecular weight excluding hydrogens is 306 g/mol. The average molecular weight is 329 g/mol. The van der Waals surface area contributed by atoms with E-state index < -0.39 is 0 Å². The number of likely N-dealkylation sites (tertiary alicyclic amines) is 1. The standard InChI is InChI=1S/C17H23N5O2/c1-24-10-14-19-16(21-20-14)13-4-2-3-9-22(13)17(23)12-7-8-18-15(12)11-5-6-11/h7-8,11,13,18H,2-6,9-10H2,1H3,(H,19,20,21). The van der Waals surface area contributed by atoms with Gasteiger partial charge >= 0.3 is 0 Å². The van der Waals surface area contributed by atoms with Crippen molar-refractivity contribution in [3.8, 4) is 0 Å². The summed E-state index contributed by atoms with van der Waals surface area (Å²) in [5, 5.41) is 7.23. The molecule has 2 aromatic rings. The first-order valence-corrected chi connectivity index (χ1v) is 8.66. The van der Waals surface area contributed by atoms with Gasteiger partial charge in [0.05, 0.1) is 11.6 Å². The Morgan fingerprint density at radius 1 is 1.38 bits per heavy atom. The Bertz CT molecular complexity index is 718. The molecule has 24 heavy (non-hydrogen) atoms. The lowest BCUT2D eigenvalue weighted by molar-refractivity contribution is 0.0599. The smallest absolute Gasteiger partial charge is 0.256 e. The Morgan fingerprint density at radius 3 is 3.04 bits per heavy atom. The lowest BCUT2D eigenvalue weighted by Crippen LogP contribution is -2.39. The molecule has 1 unspecified atom stereocenters. The van der Waals surface area contributed by atoms with Crippen molar-refractivity contribution < 1.29 is 9.53 Å². The minimum Gasteiger partial charge on any atom is -0.377 e. The zero-order chi connectivity index (χ0) is 16.5. The van der Waals surface area contributed by atoms with Crippen molar-refractivity contribution in [1.82, 2.24) is 25.1 Å². The number of hydrogen-bond acceptors (Lipinski definition) is 4. The quantitative estimate of drug-likeness (QED) is 0.882. The zero-order valence-corrected chi connectivity index (χ0v) is 13.9. The second-order valence-electron chi connectivity index (χ2n) is 6.66. The van der Waals surface area contributed by atoms with Crippen LogP contribution in [0.1, 0.15) is 71.8 Å². The van der Waals surface area contributed by atoms with Crippen LogP contribution >= 0.6 is 0 Å². The van der Waals surface area contributed by atoms with Crippen molar-refractivity contribution in [3.63, 3.8) is 0 Å². The van der Waals surface area contributed by atoms with Crippen molar-refractivity contribution in [2.45, 2.75) is 50.7 Å². The lowest BCUT2D eigenvalue weighted by atomic mass is 10.00. The molecule has 128 valence electrons. The minimum atomic E-state index is -0.0601. The highest BCUT2D eigenvalue weighted by Gasteiger charge is 2.35. The Morgan fingerprint density at radius 2 is 2.25 bits per heavy atom. The summed E-state index contributed by atoms with van der Waals surface area (Å²) < 4.78 is 5.09. The fourth-order valence-electron chi connectivity index (χ4n) is 3.54. The van der Waals surface area contributed by atoms with Gasteiger partial charge in [0, 0.05) is 25.5 Å². The third-order valence-corrected chi connectivity index (χ3v) is 4.89. The topological polar surface area (TPSA) is 86.9 Å². The van der Waals surface area contributed by atoms with Crippen LogP contribution in [0.4, 0.5) is 0 Å². The predicted molar refractivity (Wildman–Crippen MR) is 87.5 cm³/mol. The van der Waals surface area contributed by atoms with Crippen molar-refractivity contribution in [1.29, 1.82) is 0 Å². The van der Waals surface area contributed by atoms with Crippen LogP contribution in [-0.2, 0) is 11.3 Å². The van der Waals surface area contributed by atoms with Gasteiger partial charge in [-0.25, -0.2) is 4.98 Å². The molecular formula is C17H23N5O2. The summed E-state index contributed by atoms with van der Waals surface area (Å²) in [7, 11) is 1.63. The molecule has 0 spiro atoms. The number of amides is 1. The summed E-state index contributed by atoms with van der Waals surface area (Å²) in [5.74, 6) is 2.02. The number of hydrogen-bond donors (Lipinski definition) is 2. The molecule has 0 radical (unpaired) electrons. The Hall–Kier alpha value is -2.15. The maximum Gasteiger partial charge on any atom is 0.256 e. The number of nitrogens with one attached hydrogen (secondary N) is 2. The number of aromatic amines is 2. The predicted octanol–water partition coefficient (Wildman–Crippen LogP) is 2.52. The highest BCUT2D eigenvalue weighted by atomic mass is 16.5. The third kappa shape index (κ3) is 2.84. The van der Waals surface area contributed by atoms with Crippen molar-refractivity contribution in [2.75, 3.05) is 13.7 Å². The van der Waals surface area contributed by atoms with Crippen LogP contribution in [0.3, 0.4) is 0 Å². The van der Waals surface area contributed by atoms with Gasteiger partial charge < -0.3 is 14.6 Å². The number of aromatic nitrogens is 4. The van der Waals surface area contributed by atoms with Gasteiger partial charge in [0.2, 0.25) is 0 Å². The number of H-pyrrole nitrogens is 2. The van der Waals surface area contributed by atoms with E-state index in [1.54, 1.807) is 7.11 Å². The normalized spacial score (nSPS) is 21.2. The lowest BCUT2D eigenvalue weighted by Gasteiger charge is -2.34. The number of carbonyl (C=O) groups excluding carboxylic acids is 1. The van der Waals surface area contributed by atoms with Gasteiger partial charge in [-0.2, -0.15) is 5.10 Å². The molecule has 1 saturated heterocycles. The van der Waals surface area contributed by atoms with E-state index in [1.165, 1.54) is 12.8 Å². The van der Waals surface area contributed by atoms with E-state index in [2.05, 4.69) is 20.2 Å². The van der Waals surface area contributed by atoms with Crippen molar-refractivity contribution in [2.24, 2.45) is 0 Å². The molecule has 2 N–H and O–H groups in total. The molecule has 1 atom stereocenters. The van der Waals surface area contributed by atoms with Gasteiger partial charge in [-0.15, -0.1) is 0 Å². The van der Waals surface area contributed by atoms with E-state index in [-0.39, 0.29) is 11.9 Å². The number of carbonyl (C=O) groups is 1. The van der Waals surface area contributed by atoms with Crippen LogP contribution in [-0.4, -0.2) is 44.6 Å². The van der Waals surface area contributed by atoms with E-state index in [0.29, 0.717) is 24.2 Å². The summed E-state index contributed by atoms with van der Waals surface area (Å²) in [6.07, 6.45) is 7.24. The van der Waals surface area contributed by atoms with Crippen LogP contribution < -0.4 is 0 Å². The molecule has 7 nitrogen and oxygen atoms in total. The molecule has 2 aliphatic rings. The highest BCUT2D eigenvalue weighted by Crippen LogP contribution is 2.41. The highest BCUT2D eigenvalue weighted by molar-refractivity contribution is 5.96. The largest absolute Gasteiger partial charge is 0.377 e. The average Bonchev–Trinajstić information content (AvgIpc) is 3.15. The number of methoxy groups -OCH3 is 1. The summed E-state index contributed by atoms with van der Waals surface area (Å²) >= 11 is 0. The first-order valence-electron chi connectivity index (χ1n) is 8.66. The molecule has 1 aliphatic heterocycles. The fraction of sp³-hybridized carbons (Fsp3) is 0.588. The molecule has 2 aromatic heterocycles. The third-order valence-electron chi connectivity index (χ3n) is 4.89. The van der Waals surface area contributed by atoms with Crippen molar-refractivity contribution >= 4 is 5.91 Å². The van der Waals surface area contributed by atoms with E-state index in [9.17, 15) is 4.79 Å². The summed E-state index contributed by atoms with van der Waals surface area (Å²) in [6.45, 7) is 1.16. The molecule has 1 amide bonds. The maximum atomic E-state index is 13.1. The van der Waals surface area contributed by atoms with Gasteiger partial charge in [0.15, 0.2) is 11.6 Å². The van der Waals surface area contributed by atoms with E-state index in [4.69, 9.17) is 4.74 Å². The minimum absolute atomic E-state index is 0.0601. The molecule has 0 aromatic carbocycles. The monoisotopic (exact) mass is 329 g/mol. The molecule has 1 saturated carbocycles. The molecule has 3 heterocycles. The summed E-state index contributed by atoms with van der Waals surface area (Å²) in [5.41, 5.74) is 1.91. The van der Waals surface area contributed by atoms with Crippen LogP contribution in [0.5, 0.6) is 0 Å². The van der Waals surface area contributed by atoms with Gasteiger partial charge in [-0.1, -0.05) is 0 Å². The number of ether oxygens (including phenoxy) is 1. The first-order chi connectivity index (χ1) is 11.8. The molecule has 0 bridgehead atoms. The molecule has 4 rings (SSSR count). The number of piperidine rings is 1. The molecule has 7 heteroatoms. The maximum absolute atomic E-state index is 13.1. The first kappa shape index (κ1) is 15.4. The summed E-state index contributed by atoms with van der Waals surface area (Å²) in [6, 6.07) is 1.85.